The SMILES string of the molecule is CCC(C)C1=Cc2c(cccc2-c2ccccc2CC(C)C)C1. The normalized spacial score (nSPS) is 14.7. The van der Waals surface area contributed by atoms with Gasteiger partial charge in [-0.25, -0.2) is 0 Å². The molecule has 0 bridgehead atoms. The average molecular weight is 304 g/mol. The maximum atomic E-state index is 2.46. The molecule has 3 rings (SSSR count). The van der Waals surface area contributed by atoms with Crippen LogP contribution in [0.2, 0.25) is 0 Å². The molecule has 2 aromatic rings. The van der Waals surface area contributed by atoms with E-state index in [1.54, 1.807) is 5.57 Å². The Hall–Kier alpha value is -1.82. The predicted molar refractivity (Wildman–Crippen MR) is 102 cm³/mol. The van der Waals surface area contributed by atoms with Crippen molar-refractivity contribution in [3.63, 3.8) is 0 Å². The third-order valence-corrected chi connectivity index (χ3v) is 5.10. The van der Waals surface area contributed by atoms with Gasteiger partial charge in [-0.1, -0.05) is 81.8 Å². The molecule has 0 fully saturated rings. The Kier molecular flexibility index (Phi) is 4.71. The number of fused-ring (bicyclic) bond motifs is 1. The van der Waals surface area contributed by atoms with Gasteiger partial charge in [0.1, 0.15) is 0 Å². The summed E-state index contributed by atoms with van der Waals surface area (Å²) in [7, 11) is 0. The molecule has 0 aromatic heterocycles. The maximum Gasteiger partial charge on any atom is -0.00549 e. The molecular formula is C23H28. The summed E-state index contributed by atoms with van der Waals surface area (Å²) >= 11 is 0. The molecule has 0 saturated heterocycles. The van der Waals surface area contributed by atoms with Crippen LogP contribution in [0.3, 0.4) is 0 Å². The Morgan fingerprint density at radius 2 is 1.65 bits per heavy atom. The van der Waals surface area contributed by atoms with Crippen molar-refractivity contribution in [1.82, 2.24) is 0 Å². The van der Waals surface area contributed by atoms with E-state index >= 15 is 0 Å². The van der Waals surface area contributed by atoms with Crippen LogP contribution in [0, 0.1) is 11.8 Å². The van der Waals surface area contributed by atoms with Gasteiger partial charge in [-0.2, -0.15) is 0 Å². The Labute approximate surface area is 141 Å². The minimum atomic E-state index is 0.680. The van der Waals surface area contributed by atoms with Gasteiger partial charge in [0.15, 0.2) is 0 Å². The molecule has 0 saturated carbocycles. The molecule has 0 amide bonds. The lowest BCUT2D eigenvalue weighted by Crippen LogP contribution is -1.98. The van der Waals surface area contributed by atoms with Crippen LogP contribution in [0.25, 0.3) is 17.2 Å². The quantitative estimate of drug-likeness (QED) is 0.588. The standard InChI is InChI=1S/C23H28/c1-5-17(4)20-14-19-10-8-12-22(23(19)15-20)21-11-7-6-9-18(21)13-16(2)3/h6-12,15-17H,5,13-14H2,1-4H3. The molecule has 23 heavy (non-hydrogen) atoms. The predicted octanol–water partition coefficient (Wildman–Crippen LogP) is 6.54. The van der Waals surface area contributed by atoms with E-state index in [0.29, 0.717) is 11.8 Å². The maximum absolute atomic E-state index is 2.46. The minimum absolute atomic E-state index is 0.680. The summed E-state index contributed by atoms with van der Waals surface area (Å²) in [5, 5.41) is 0. The Morgan fingerprint density at radius 1 is 0.913 bits per heavy atom. The molecule has 0 nitrogen and oxygen atoms in total. The lowest BCUT2D eigenvalue weighted by Gasteiger charge is -2.14. The van der Waals surface area contributed by atoms with Crippen LogP contribution in [-0.4, -0.2) is 0 Å². The van der Waals surface area contributed by atoms with Crippen LogP contribution in [0.15, 0.2) is 48.0 Å². The molecule has 0 N–H and O–H groups in total. The van der Waals surface area contributed by atoms with Gasteiger partial charge in [-0.05, 0) is 58.9 Å². The van der Waals surface area contributed by atoms with Crippen LogP contribution in [0.4, 0.5) is 0 Å². The summed E-state index contributed by atoms with van der Waals surface area (Å²) in [4.78, 5) is 0. The monoisotopic (exact) mass is 304 g/mol. The largest absolute Gasteiger partial charge is 0.0648 e. The highest BCUT2D eigenvalue weighted by molar-refractivity contribution is 5.82. The van der Waals surface area contributed by atoms with E-state index in [9.17, 15) is 0 Å². The van der Waals surface area contributed by atoms with Crippen molar-refractivity contribution in [2.75, 3.05) is 0 Å². The molecule has 1 atom stereocenters. The summed E-state index contributed by atoms with van der Waals surface area (Å²) < 4.78 is 0. The fourth-order valence-corrected chi connectivity index (χ4v) is 3.61. The molecule has 0 spiro atoms. The van der Waals surface area contributed by atoms with Gasteiger partial charge >= 0.3 is 0 Å². The van der Waals surface area contributed by atoms with Gasteiger partial charge in [0.25, 0.3) is 0 Å². The summed E-state index contributed by atoms with van der Waals surface area (Å²) in [6, 6.07) is 15.8. The van der Waals surface area contributed by atoms with Crippen LogP contribution in [-0.2, 0) is 12.8 Å². The topological polar surface area (TPSA) is 0 Å². The van der Waals surface area contributed by atoms with Crippen LogP contribution in [0.5, 0.6) is 0 Å². The van der Waals surface area contributed by atoms with Crippen molar-refractivity contribution >= 4 is 6.08 Å². The Bertz CT molecular complexity index is 719. The van der Waals surface area contributed by atoms with Gasteiger partial charge in [-0.15, -0.1) is 0 Å². The first-order valence-electron chi connectivity index (χ1n) is 9.00. The van der Waals surface area contributed by atoms with E-state index in [0.717, 1.165) is 12.8 Å². The zero-order valence-corrected chi connectivity index (χ0v) is 14.9. The summed E-state index contributed by atoms with van der Waals surface area (Å²) in [5.74, 6) is 1.36. The van der Waals surface area contributed by atoms with E-state index in [4.69, 9.17) is 0 Å². The van der Waals surface area contributed by atoms with Crippen molar-refractivity contribution in [3.8, 4) is 11.1 Å². The number of allylic oxidation sites excluding steroid dienone is 1. The first-order valence-corrected chi connectivity index (χ1v) is 9.00. The van der Waals surface area contributed by atoms with E-state index in [1.807, 2.05) is 0 Å². The van der Waals surface area contributed by atoms with E-state index in [2.05, 4.69) is 76.2 Å². The molecule has 120 valence electrons. The van der Waals surface area contributed by atoms with E-state index in [-0.39, 0.29) is 0 Å². The van der Waals surface area contributed by atoms with Gasteiger partial charge in [0.2, 0.25) is 0 Å². The lowest BCUT2D eigenvalue weighted by atomic mass is 9.90. The fraction of sp³-hybridized carbons (Fsp3) is 0.391. The van der Waals surface area contributed by atoms with Crippen LogP contribution < -0.4 is 0 Å². The molecule has 0 heteroatoms. The minimum Gasteiger partial charge on any atom is -0.0648 e. The van der Waals surface area contributed by atoms with Gasteiger partial charge in [0, 0.05) is 0 Å². The highest BCUT2D eigenvalue weighted by atomic mass is 14.2. The summed E-state index contributed by atoms with van der Waals surface area (Å²) in [6.45, 7) is 9.23. The van der Waals surface area contributed by atoms with Crippen molar-refractivity contribution in [2.45, 2.75) is 47.0 Å². The molecular weight excluding hydrogens is 276 g/mol. The second kappa shape index (κ2) is 6.74. The highest BCUT2D eigenvalue weighted by Crippen LogP contribution is 2.38. The lowest BCUT2D eigenvalue weighted by molar-refractivity contribution is 0.647. The molecule has 1 aliphatic carbocycles. The number of rotatable bonds is 5. The molecule has 2 aromatic carbocycles. The number of hydrogen-bond donors (Lipinski definition) is 0. The first kappa shape index (κ1) is 16.1. The van der Waals surface area contributed by atoms with Gasteiger partial charge in [0.05, 0.1) is 0 Å². The number of hydrogen-bond acceptors (Lipinski definition) is 0. The first-order chi connectivity index (χ1) is 11.1. The molecule has 1 unspecified atom stereocenters. The molecule has 0 aliphatic heterocycles. The second-order valence-corrected chi connectivity index (χ2v) is 7.34. The Balaban J connectivity index is 2.07. The number of benzene rings is 2. The second-order valence-electron chi connectivity index (χ2n) is 7.34. The van der Waals surface area contributed by atoms with Gasteiger partial charge in [-0.3, -0.25) is 0 Å². The van der Waals surface area contributed by atoms with Crippen molar-refractivity contribution in [1.29, 1.82) is 0 Å². The smallest absolute Gasteiger partial charge is 0.00549 e. The Morgan fingerprint density at radius 3 is 2.39 bits per heavy atom. The van der Waals surface area contributed by atoms with Crippen molar-refractivity contribution in [3.05, 3.63) is 64.7 Å². The fourth-order valence-electron chi connectivity index (χ4n) is 3.61. The van der Waals surface area contributed by atoms with Gasteiger partial charge < -0.3 is 0 Å². The van der Waals surface area contributed by atoms with Crippen molar-refractivity contribution < 1.29 is 0 Å². The van der Waals surface area contributed by atoms with E-state index in [1.165, 1.54) is 34.2 Å². The third kappa shape index (κ3) is 3.27. The molecule has 1 aliphatic rings. The summed E-state index contributed by atoms with van der Waals surface area (Å²) in [5.41, 5.74) is 8.85. The van der Waals surface area contributed by atoms with E-state index < -0.39 is 0 Å². The average Bonchev–Trinajstić information content (AvgIpc) is 2.98. The zero-order chi connectivity index (χ0) is 16.4. The van der Waals surface area contributed by atoms with Crippen molar-refractivity contribution in [2.24, 2.45) is 11.8 Å². The van der Waals surface area contributed by atoms with Crippen LogP contribution >= 0.6 is 0 Å². The summed E-state index contributed by atoms with van der Waals surface area (Å²) in [6.07, 6.45) is 5.95. The molecule has 0 heterocycles. The third-order valence-electron chi connectivity index (χ3n) is 5.10. The van der Waals surface area contributed by atoms with Crippen LogP contribution in [0.1, 0.15) is 50.8 Å². The molecule has 0 radical (unpaired) electrons. The zero-order valence-electron chi connectivity index (χ0n) is 14.9. The highest BCUT2D eigenvalue weighted by Gasteiger charge is 2.20.